The average Bonchev–Trinajstić information content (AvgIpc) is 2.57. The number of amides is 2. The second kappa shape index (κ2) is 7.28. The van der Waals surface area contributed by atoms with Gasteiger partial charge in [-0.3, -0.25) is 14.6 Å². The van der Waals surface area contributed by atoms with Crippen molar-refractivity contribution in [1.29, 1.82) is 0 Å². The van der Waals surface area contributed by atoms with Gasteiger partial charge in [0.1, 0.15) is 5.54 Å². The first-order valence-corrected chi connectivity index (χ1v) is 8.93. The Morgan fingerprint density at radius 1 is 1.19 bits per heavy atom. The van der Waals surface area contributed by atoms with Crippen LogP contribution in [0, 0.1) is 13.8 Å². The Kier molecular flexibility index (Phi) is 5.07. The van der Waals surface area contributed by atoms with E-state index in [2.05, 4.69) is 16.4 Å². The second-order valence-corrected chi connectivity index (χ2v) is 7.29. The Bertz CT molecular complexity index is 799. The normalized spacial score (nSPS) is 19.0. The zero-order valence-electron chi connectivity index (χ0n) is 15.6. The summed E-state index contributed by atoms with van der Waals surface area (Å²) in [6, 6.07) is 9.91. The molecule has 5 nitrogen and oxygen atoms in total. The van der Waals surface area contributed by atoms with Crippen LogP contribution in [0.1, 0.15) is 35.6 Å². The molecule has 0 saturated carbocycles. The number of pyridine rings is 1. The molecular weight excluding hydrogens is 326 g/mol. The van der Waals surface area contributed by atoms with Crippen molar-refractivity contribution >= 4 is 11.8 Å². The van der Waals surface area contributed by atoms with Gasteiger partial charge in [-0.25, -0.2) is 0 Å². The number of nitrogens with zero attached hydrogens (tertiary/aromatic N) is 2. The van der Waals surface area contributed by atoms with Crippen LogP contribution < -0.4 is 5.32 Å². The molecule has 1 atom stereocenters. The molecule has 0 radical (unpaired) electrons. The van der Waals surface area contributed by atoms with E-state index in [0.717, 1.165) is 22.3 Å². The summed E-state index contributed by atoms with van der Waals surface area (Å²) in [7, 11) is 0. The molecule has 1 saturated heterocycles. The number of aromatic nitrogens is 1. The maximum Gasteiger partial charge on any atom is 0.246 e. The van der Waals surface area contributed by atoms with Crippen molar-refractivity contribution in [2.24, 2.45) is 0 Å². The molecule has 0 spiro atoms. The predicted octanol–water partition coefficient (Wildman–Crippen LogP) is 2.55. The van der Waals surface area contributed by atoms with Gasteiger partial charge in [0, 0.05) is 25.5 Å². The lowest BCUT2D eigenvalue weighted by Crippen LogP contribution is -2.67. The highest BCUT2D eigenvalue weighted by atomic mass is 16.2. The first kappa shape index (κ1) is 18.1. The highest BCUT2D eigenvalue weighted by molar-refractivity contribution is 5.93. The molecule has 1 unspecified atom stereocenters. The molecule has 1 aliphatic rings. The van der Waals surface area contributed by atoms with Crippen molar-refractivity contribution in [1.82, 2.24) is 15.2 Å². The number of carbonyl (C=O) groups is 2. The van der Waals surface area contributed by atoms with Gasteiger partial charge in [-0.15, -0.1) is 0 Å². The standard InChI is InChI=1S/C21H25N3O2/c1-15-9-16(2)11-18(10-15)12-19(25)24-8-6-21(24,3)20(26)23-14-17-5-4-7-22-13-17/h4-5,7,9-11,13H,6,8,12,14H2,1-3H3,(H,23,26). The van der Waals surface area contributed by atoms with E-state index >= 15 is 0 Å². The summed E-state index contributed by atoms with van der Waals surface area (Å²) >= 11 is 0. The summed E-state index contributed by atoms with van der Waals surface area (Å²) in [6.07, 6.45) is 4.44. The Labute approximate surface area is 154 Å². The SMILES string of the molecule is Cc1cc(C)cc(CC(=O)N2CCC2(C)C(=O)NCc2cccnc2)c1. The van der Waals surface area contributed by atoms with Crippen molar-refractivity contribution in [2.75, 3.05) is 6.54 Å². The Hall–Kier alpha value is -2.69. The molecule has 1 N–H and O–H groups in total. The molecule has 2 heterocycles. The number of likely N-dealkylation sites (tertiary alicyclic amines) is 1. The summed E-state index contributed by atoms with van der Waals surface area (Å²) in [4.78, 5) is 31.2. The van der Waals surface area contributed by atoms with Crippen LogP contribution in [-0.4, -0.2) is 33.8 Å². The zero-order valence-corrected chi connectivity index (χ0v) is 15.6. The van der Waals surface area contributed by atoms with E-state index in [9.17, 15) is 9.59 Å². The minimum absolute atomic E-state index is 0.000257. The topological polar surface area (TPSA) is 62.3 Å². The second-order valence-electron chi connectivity index (χ2n) is 7.29. The highest BCUT2D eigenvalue weighted by Gasteiger charge is 2.49. The molecule has 26 heavy (non-hydrogen) atoms. The summed E-state index contributed by atoms with van der Waals surface area (Å²) in [5.41, 5.74) is 3.47. The van der Waals surface area contributed by atoms with Crippen LogP contribution in [0.2, 0.25) is 0 Å². The van der Waals surface area contributed by atoms with Gasteiger partial charge in [-0.1, -0.05) is 35.4 Å². The van der Waals surface area contributed by atoms with Crippen molar-refractivity contribution in [3.8, 4) is 0 Å². The number of rotatable bonds is 5. The van der Waals surface area contributed by atoms with Crippen molar-refractivity contribution in [3.63, 3.8) is 0 Å². The van der Waals surface area contributed by atoms with Crippen LogP contribution in [0.5, 0.6) is 0 Å². The smallest absolute Gasteiger partial charge is 0.246 e. The summed E-state index contributed by atoms with van der Waals surface area (Å²) in [5, 5.41) is 2.94. The molecule has 0 bridgehead atoms. The minimum Gasteiger partial charge on any atom is -0.350 e. The predicted molar refractivity (Wildman–Crippen MR) is 100 cm³/mol. The van der Waals surface area contributed by atoms with Gasteiger partial charge < -0.3 is 10.2 Å². The van der Waals surface area contributed by atoms with Gasteiger partial charge in [0.25, 0.3) is 0 Å². The van der Waals surface area contributed by atoms with Gasteiger partial charge in [0.2, 0.25) is 11.8 Å². The van der Waals surface area contributed by atoms with Gasteiger partial charge in [0.15, 0.2) is 0 Å². The molecule has 5 heteroatoms. The van der Waals surface area contributed by atoms with E-state index < -0.39 is 5.54 Å². The third-order valence-corrected chi connectivity index (χ3v) is 5.02. The summed E-state index contributed by atoms with van der Waals surface area (Å²) < 4.78 is 0. The lowest BCUT2D eigenvalue weighted by atomic mass is 9.84. The van der Waals surface area contributed by atoms with Gasteiger partial charge in [-0.05, 0) is 44.4 Å². The first-order valence-electron chi connectivity index (χ1n) is 8.93. The molecule has 3 rings (SSSR count). The highest BCUT2D eigenvalue weighted by Crippen LogP contribution is 2.31. The molecule has 2 amide bonds. The molecular formula is C21H25N3O2. The van der Waals surface area contributed by atoms with Crippen LogP contribution in [0.15, 0.2) is 42.7 Å². The van der Waals surface area contributed by atoms with E-state index in [1.807, 2.05) is 45.0 Å². The molecule has 1 fully saturated rings. The third kappa shape index (κ3) is 3.77. The maximum absolute atomic E-state index is 12.7. The summed E-state index contributed by atoms with van der Waals surface area (Å²) in [5.74, 6) is -0.110. The van der Waals surface area contributed by atoms with Crippen molar-refractivity contribution < 1.29 is 9.59 Å². The Morgan fingerprint density at radius 3 is 2.50 bits per heavy atom. The zero-order chi connectivity index (χ0) is 18.7. The number of hydrogen-bond donors (Lipinski definition) is 1. The van der Waals surface area contributed by atoms with Gasteiger partial charge in [0.05, 0.1) is 6.42 Å². The number of aryl methyl sites for hydroxylation is 2. The van der Waals surface area contributed by atoms with Crippen LogP contribution in [0.25, 0.3) is 0 Å². The van der Waals surface area contributed by atoms with E-state index in [-0.39, 0.29) is 11.8 Å². The lowest BCUT2D eigenvalue weighted by molar-refractivity contribution is -0.157. The summed E-state index contributed by atoms with van der Waals surface area (Å²) in [6.45, 7) is 6.94. The lowest BCUT2D eigenvalue weighted by Gasteiger charge is -2.49. The van der Waals surface area contributed by atoms with Gasteiger partial charge in [-0.2, -0.15) is 0 Å². The van der Waals surface area contributed by atoms with Crippen molar-refractivity contribution in [3.05, 3.63) is 65.0 Å². The maximum atomic E-state index is 12.7. The third-order valence-electron chi connectivity index (χ3n) is 5.02. The minimum atomic E-state index is -0.766. The van der Waals surface area contributed by atoms with Gasteiger partial charge >= 0.3 is 0 Å². The van der Waals surface area contributed by atoms with E-state index in [0.29, 0.717) is 25.9 Å². The number of carbonyl (C=O) groups excluding carboxylic acids is 2. The number of hydrogen-bond acceptors (Lipinski definition) is 3. The van der Waals surface area contributed by atoms with Crippen LogP contribution in [0.4, 0.5) is 0 Å². The number of benzene rings is 1. The van der Waals surface area contributed by atoms with Crippen LogP contribution >= 0.6 is 0 Å². The first-order chi connectivity index (χ1) is 12.4. The van der Waals surface area contributed by atoms with E-state index in [1.54, 1.807) is 17.3 Å². The van der Waals surface area contributed by atoms with Crippen LogP contribution in [-0.2, 0) is 22.6 Å². The Morgan fingerprint density at radius 2 is 1.92 bits per heavy atom. The fourth-order valence-corrected chi connectivity index (χ4v) is 3.51. The van der Waals surface area contributed by atoms with Crippen molar-refractivity contribution in [2.45, 2.75) is 45.7 Å². The molecule has 1 aromatic carbocycles. The molecule has 1 aliphatic heterocycles. The quantitative estimate of drug-likeness (QED) is 0.900. The fraction of sp³-hybridized carbons (Fsp3) is 0.381. The largest absolute Gasteiger partial charge is 0.350 e. The number of nitrogens with one attached hydrogen (secondary N) is 1. The van der Waals surface area contributed by atoms with E-state index in [1.165, 1.54) is 0 Å². The van der Waals surface area contributed by atoms with Crippen LogP contribution in [0.3, 0.4) is 0 Å². The monoisotopic (exact) mass is 351 g/mol. The van der Waals surface area contributed by atoms with E-state index in [4.69, 9.17) is 0 Å². The molecule has 1 aromatic heterocycles. The average molecular weight is 351 g/mol. The molecule has 0 aliphatic carbocycles. The fourth-order valence-electron chi connectivity index (χ4n) is 3.51. The Balaban J connectivity index is 1.63. The molecule has 2 aromatic rings. The molecule has 136 valence electrons.